The van der Waals surface area contributed by atoms with Crippen molar-refractivity contribution in [3.8, 4) is 0 Å². The number of carbonyl (C=O) groups excluding carboxylic acids is 1. The fourth-order valence-corrected chi connectivity index (χ4v) is 2.52. The Balaban J connectivity index is 1.70. The van der Waals surface area contributed by atoms with Gasteiger partial charge in [-0.1, -0.05) is 6.92 Å². The summed E-state index contributed by atoms with van der Waals surface area (Å²) in [5.74, 6) is 0.305. The van der Waals surface area contributed by atoms with Gasteiger partial charge in [-0.05, 0) is 38.3 Å². The summed E-state index contributed by atoms with van der Waals surface area (Å²) in [5, 5.41) is 13.0. The van der Waals surface area contributed by atoms with Crippen LogP contribution >= 0.6 is 0 Å². The molecule has 5 heteroatoms. The molecule has 2 aliphatic heterocycles. The van der Waals surface area contributed by atoms with E-state index in [0.717, 1.165) is 38.9 Å². The van der Waals surface area contributed by atoms with Crippen LogP contribution in [0.4, 0.5) is 0 Å². The first-order valence-electron chi connectivity index (χ1n) is 6.95. The number of β-amino-alcohol motifs (C(OH)–C–C–N with tert-alkyl or cyclic N) is 1. The highest BCUT2D eigenvalue weighted by Crippen LogP contribution is 2.17. The average molecular weight is 256 g/mol. The van der Waals surface area contributed by atoms with Gasteiger partial charge in [-0.25, -0.2) is 0 Å². The smallest absolute Gasteiger partial charge is 0.248 e. The van der Waals surface area contributed by atoms with E-state index in [1.54, 1.807) is 4.90 Å². The van der Waals surface area contributed by atoms with Crippen molar-refractivity contribution < 1.29 is 14.6 Å². The third kappa shape index (κ3) is 3.67. The Hall–Kier alpha value is -0.650. The molecule has 0 aliphatic carbocycles. The van der Waals surface area contributed by atoms with Crippen LogP contribution in [0.15, 0.2) is 0 Å². The number of nitrogens with zero attached hydrogens (tertiary/aromatic N) is 1. The van der Waals surface area contributed by atoms with Crippen LogP contribution in [-0.2, 0) is 9.53 Å². The fraction of sp³-hybridized carbons (Fsp3) is 0.923. The molecule has 2 rings (SSSR count). The van der Waals surface area contributed by atoms with Crippen LogP contribution in [0.3, 0.4) is 0 Å². The molecule has 0 saturated carbocycles. The van der Waals surface area contributed by atoms with Crippen LogP contribution in [0.1, 0.15) is 26.2 Å². The maximum Gasteiger partial charge on any atom is 0.248 e. The first kappa shape index (κ1) is 13.8. The van der Waals surface area contributed by atoms with Gasteiger partial charge in [-0.15, -0.1) is 0 Å². The minimum Gasteiger partial charge on any atom is -0.391 e. The molecule has 0 radical (unpaired) electrons. The molecule has 2 heterocycles. The van der Waals surface area contributed by atoms with Gasteiger partial charge in [0.1, 0.15) is 6.61 Å². The Labute approximate surface area is 108 Å². The predicted molar refractivity (Wildman–Crippen MR) is 68.2 cm³/mol. The molecule has 0 spiro atoms. The van der Waals surface area contributed by atoms with E-state index in [-0.39, 0.29) is 24.7 Å². The fourth-order valence-electron chi connectivity index (χ4n) is 2.52. The van der Waals surface area contributed by atoms with Crippen molar-refractivity contribution in [3.05, 3.63) is 0 Å². The van der Waals surface area contributed by atoms with E-state index >= 15 is 0 Å². The van der Waals surface area contributed by atoms with E-state index in [2.05, 4.69) is 5.32 Å². The lowest BCUT2D eigenvalue weighted by Gasteiger charge is -2.34. The minimum atomic E-state index is -0.387. The quantitative estimate of drug-likeness (QED) is 0.745. The second kappa shape index (κ2) is 6.50. The number of carbonyl (C=O) groups is 1. The summed E-state index contributed by atoms with van der Waals surface area (Å²) >= 11 is 0. The summed E-state index contributed by atoms with van der Waals surface area (Å²) in [5.41, 5.74) is 0. The predicted octanol–water partition coefficient (Wildman–Crippen LogP) is -0.0157. The van der Waals surface area contributed by atoms with Gasteiger partial charge in [0.2, 0.25) is 5.91 Å². The van der Waals surface area contributed by atoms with Crippen LogP contribution in [0.5, 0.6) is 0 Å². The first-order valence-corrected chi connectivity index (χ1v) is 6.95. The van der Waals surface area contributed by atoms with E-state index < -0.39 is 0 Å². The number of hydrogen-bond donors (Lipinski definition) is 2. The molecule has 0 aromatic heterocycles. The third-order valence-electron chi connectivity index (χ3n) is 4.00. The standard InChI is InChI=1S/C13H24N2O3/c1-10-4-7-15(8-12(10)16)13(17)9-18-11-2-5-14-6-3-11/h10-12,14,16H,2-9H2,1H3. The summed E-state index contributed by atoms with van der Waals surface area (Å²) < 4.78 is 5.65. The molecule has 2 unspecified atom stereocenters. The molecule has 2 saturated heterocycles. The number of rotatable bonds is 3. The molecule has 5 nitrogen and oxygen atoms in total. The topological polar surface area (TPSA) is 61.8 Å². The number of nitrogens with one attached hydrogen (secondary N) is 1. The van der Waals surface area contributed by atoms with Crippen LogP contribution in [0.25, 0.3) is 0 Å². The summed E-state index contributed by atoms with van der Waals surface area (Å²) in [6.07, 6.45) is 2.66. The van der Waals surface area contributed by atoms with Gasteiger partial charge in [0.25, 0.3) is 0 Å². The average Bonchev–Trinajstić information content (AvgIpc) is 2.40. The number of likely N-dealkylation sites (tertiary alicyclic amines) is 1. The zero-order chi connectivity index (χ0) is 13.0. The largest absolute Gasteiger partial charge is 0.391 e. The van der Waals surface area contributed by atoms with Gasteiger partial charge >= 0.3 is 0 Å². The van der Waals surface area contributed by atoms with Crippen LogP contribution < -0.4 is 5.32 Å². The molecule has 0 bridgehead atoms. The molecule has 2 atom stereocenters. The third-order valence-corrected chi connectivity index (χ3v) is 4.00. The number of aliphatic hydroxyl groups is 1. The molecule has 18 heavy (non-hydrogen) atoms. The van der Waals surface area contributed by atoms with Gasteiger partial charge in [-0.3, -0.25) is 4.79 Å². The summed E-state index contributed by atoms with van der Waals surface area (Å²) in [7, 11) is 0. The van der Waals surface area contributed by atoms with Crippen molar-refractivity contribution in [1.82, 2.24) is 10.2 Å². The Kier molecular flexibility index (Phi) is 4.97. The highest BCUT2D eigenvalue weighted by Gasteiger charge is 2.27. The Morgan fingerprint density at radius 3 is 2.78 bits per heavy atom. The normalized spacial score (nSPS) is 30.4. The van der Waals surface area contributed by atoms with E-state index in [4.69, 9.17) is 4.74 Å². The van der Waals surface area contributed by atoms with Crippen molar-refractivity contribution in [2.45, 2.75) is 38.4 Å². The zero-order valence-electron chi connectivity index (χ0n) is 11.1. The van der Waals surface area contributed by atoms with E-state index in [1.165, 1.54) is 0 Å². The molecule has 104 valence electrons. The lowest BCUT2D eigenvalue weighted by Crippen LogP contribution is -2.47. The first-order chi connectivity index (χ1) is 8.66. The maximum atomic E-state index is 12.0. The van der Waals surface area contributed by atoms with Crippen molar-refractivity contribution in [1.29, 1.82) is 0 Å². The van der Waals surface area contributed by atoms with Crippen LogP contribution in [0.2, 0.25) is 0 Å². The monoisotopic (exact) mass is 256 g/mol. The second-order valence-corrected chi connectivity index (χ2v) is 5.43. The molecular weight excluding hydrogens is 232 g/mol. The highest BCUT2D eigenvalue weighted by atomic mass is 16.5. The number of aliphatic hydroxyl groups excluding tert-OH is 1. The van der Waals surface area contributed by atoms with Gasteiger partial charge in [-0.2, -0.15) is 0 Å². The molecule has 1 amide bonds. The highest BCUT2D eigenvalue weighted by molar-refractivity contribution is 5.77. The van der Waals surface area contributed by atoms with E-state index in [1.807, 2.05) is 6.92 Å². The Morgan fingerprint density at radius 1 is 1.39 bits per heavy atom. The van der Waals surface area contributed by atoms with Crippen molar-refractivity contribution >= 4 is 5.91 Å². The van der Waals surface area contributed by atoms with Gasteiger partial charge in [0.15, 0.2) is 0 Å². The van der Waals surface area contributed by atoms with Gasteiger partial charge in [0.05, 0.1) is 12.2 Å². The number of amides is 1. The Morgan fingerprint density at radius 2 is 2.11 bits per heavy atom. The summed E-state index contributed by atoms with van der Waals surface area (Å²) in [6, 6.07) is 0. The van der Waals surface area contributed by atoms with Crippen molar-refractivity contribution in [2.24, 2.45) is 5.92 Å². The summed E-state index contributed by atoms with van der Waals surface area (Å²) in [6.45, 7) is 5.32. The maximum absolute atomic E-state index is 12.0. The Bertz CT molecular complexity index is 279. The molecule has 2 aliphatic rings. The second-order valence-electron chi connectivity index (χ2n) is 5.43. The van der Waals surface area contributed by atoms with E-state index in [9.17, 15) is 9.90 Å². The molecule has 0 aromatic rings. The van der Waals surface area contributed by atoms with Crippen LogP contribution in [-0.4, -0.2) is 60.9 Å². The molecule has 2 fully saturated rings. The minimum absolute atomic E-state index is 0.0134. The molecule has 0 aromatic carbocycles. The SMILES string of the molecule is CC1CCN(C(=O)COC2CCNCC2)CC1O. The van der Waals surface area contributed by atoms with Gasteiger partial charge < -0.3 is 20.1 Å². The molecular formula is C13H24N2O3. The number of piperidine rings is 2. The lowest BCUT2D eigenvalue weighted by molar-refractivity contribution is -0.142. The van der Waals surface area contributed by atoms with Gasteiger partial charge in [0, 0.05) is 13.1 Å². The number of ether oxygens (including phenoxy) is 1. The van der Waals surface area contributed by atoms with Crippen molar-refractivity contribution in [3.63, 3.8) is 0 Å². The summed E-state index contributed by atoms with van der Waals surface area (Å²) in [4.78, 5) is 13.7. The van der Waals surface area contributed by atoms with Crippen molar-refractivity contribution in [2.75, 3.05) is 32.8 Å². The van der Waals surface area contributed by atoms with E-state index in [0.29, 0.717) is 12.5 Å². The molecule has 2 N–H and O–H groups in total. The zero-order valence-corrected chi connectivity index (χ0v) is 11.1. The lowest BCUT2D eigenvalue weighted by atomic mass is 9.96. The van der Waals surface area contributed by atoms with Crippen LogP contribution in [0, 0.1) is 5.92 Å². The number of hydrogen-bond acceptors (Lipinski definition) is 4.